The van der Waals surface area contributed by atoms with Gasteiger partial charge in [-0.15, -0.1) is 5.10 Å². The van der Waals surface area contributed by atoms with Crippen LogP contribution in [0.5, 0.6) is 0 Å². The summed E-state index contributed by atoms with van der Waals surface area (Å²) in [4.78, 5) is 0. The van der Waals surface area contributed by atoms with Gasteiger partial charge in [0, 0.05) is 12.7 Å². The summed E-state index contributed by atoms with van der Waals surface area (Å²) in [5, 5.41) is 7.61. The van der Waals surface area contributed by atoms with Crippen molar-refractivity contribution in [2.24, 2.45) is 5.41 Å². The van der Waals surface area contributed by atoms with Gasteiger partial charge in [0.1, 0.15) is 0 Å². The highest BCUT2D eigenvalue weighted by molar-refractivity contribution is 7.80. The summed E-state index contributed by atoms with van der Waals surface area (Å²) in [5.74, 6) is 0.854. The molecule has 0 spiro atoms. The van der Waals surface area contributed by atoms with Crippen molar-refractivity contribution < 1.29 is 0 Å². The van der Waals surface area contributed by atoms with Crippen LogP contribution in [0.3, 0.4) is 0 Å². The molecule has 1 rings (SSSR count). The molecule has 0 unspecified atom stereocenters. The molecule has 0 aliphatic heterocycles. The summed E-state index contributed by atoms with van der Waals surface area (Å²) in [6, 6.07) is 0. The van der Waals surface area contributed by atoms with Crippen LogP contribution >= 0.6 is 12.6 Å². The van der Waals surface area contributed by atoms with Gasteiger partial charge in [-0.3, -0.25) is 4.68 Å². The Hall–Kier alpha value is -0.510. The normalized spacial score (nSPS) is 11.9. The third-order valence-electron chi connectivity index (χ3n) is 1.49. The maximum atomic E-state index is 4.25. The van der Waals surface area contributed by atoms with Crippen molar-refractivity contribution in [2.45, 2.75) is 20.4 Å². The van der Waals surface area contributed by atoms with Crippen LogP contribution in [0, 0.1) is 5.41 Å². The van der Waals surface area contributed by atoms with E-state index >= 15 is 0 Å². The quantitative estimate of drug-likeness (QED) is 0.693. The van der Waals surface area contributed by atoms with E-state index in [0.29, 0.717) is 0 Å². The third kappa shape index (κ3) is 2.54. The van der Waals surface area contributed by atoms with Gasteiger partial charge in [-0.1, -0.05) is 19.1 Å². The molecule has 1 aromatic heterocycles. The van der Waals surface area contributed by atoms with E-state index in [1.807, 2.05) is 10.9 Å². The van der Waals surface area contributed by atoms with E-state index in [0.717, 1.165) is 12.3 Å². The van der Waals surface area contributed by atoms with Gasteiger partial charge in [0.2, 0.25) is 0 Å². The van der Waals surface area contributed by atoms with Crippen LogP contribution in [0.25, 0.3) is 0 Å². The second-order valence-electron chi connectivity index (χ2n) is 3.42. The highest BCUT2D eigenvalue weighted by Gasteiger charge is 2.16. The zero-order chi connectivity index (χ0) is 8.32. The maximum Gasteiger partial charge on any atom is 0.0692 e. The molecule has 0 aliphatic rings. The standard InChI is InChI=1S/C7H13N3S/c1-7(2,6-11)5-10-4-3-8-9-10/h3-4,11H,5-6H2,1-2H3. The number of thiol groups is 1. The van der Waals surface area contributed by atoms with E-state index in [9.17, 15) is 0 Å². The van der Waals surface area contributed by atoms with Gasteiger partial charge in [-0.05, 0) is 11.2 Å². The molecule has 0 saturated heterocycles. The average molecular weight is 171 g/mol. The Bertz CT molecular complexity index is 205. The summed E-state index contributed by atoms with van der Waals surface area (Å²) in [5.41, 5.74) is 0.191. The van der Waals surface area contributed by atoms with Crippen molar-refractivity contribution in [2.75, 3.05) is 5.75 Å². The van der Waals surface area contributed by atoms with Gasteiger partial charge in [0.15, 0.2) is 0 Å². The molecular formula is C7H13N3S. The predicted molar refractivity (Wildman–Crippen MR) is 47.7 cm³/mol. The number of rotatable bonds is 3. The summed E-state index contributed by atoms with van der Waals surface area (Å²) >= 11 is 4.25. The van der Waals surface area contributed by atoms with Gasteiger partial charge in [-0.2, -0.15) is 12.6 Å². The molecule has 0 radical (unpaired) electrons. The van der Waals surface area contributed by atoms with Crippen LogP contribution < -0.4 is 0 Å². The molecule has 62 valence electrons. The largest absolute Gasteiger partial charge is 0.252 e. The first-order valence-corrected chi connectivity index (χ1v) is 4.22. The number of hydrogen-bond donors (Lipinski definition) is 1. The minimum Gasteiger partial charge on any atom is -0.252 e. The zero-order valence-corrected chi connectivity index (χ0v) is 7.75. The van der Waals surface area contributed by atoms with E-state index in [1.165, 1.54) is 0 Å². The summed E-state index contributed by atoms with van der Waals surface area (Å²) < 4.78 is 1.83. The smallest absolute Gasteiger partial charge is 0.0692 e. The van der Waals surface area contributed by atoms with E-state index in [2.05, 4.69) is 36.8 Å². The van der Waals surface area contributed by atoms with Crippen molar-refractivity contribution in [1.29, 1.82) is 0 Å². The predicted octanol–water partition coefficient (Wildman–Crippen LogP) is 1.23. The SMILES string of the molecule is CC(C)(CS)Cn1ccnn1. The Labute approximate surface area is 72.2 Å². The minimum absolute atomic E-state index is 0.191. The Morgan fingerprint density at radius 1 is 1.55 bits per heavy atom. The van der Waals surface area contributed by atoms with Gasteiger partial charge in [-0.25, -0.2) is 0 Å². The first-order chi connectivity index (χ1) is 5.14. The van der Waals surface area contributed by atoms with Crippen molar-refractivity contribution in [3.63, 3.8) is 0 Å². The molecule has 1 heterocycles. The van der Waals surface area contributed by atoms with E-state index in [4.69, 9.17) is 0 Å². The molecule has 0 bridgehead atoms. The first-order valence-electron chi connectivity index (χ1n) is 3.59. The van der Waals surface area contributed by atoms with Crippen molar-refractivity contribution in [3.05, 3.63) is 12.4 Å². The van der Waals surface area contributed by atoms with E-state index in [1.54, 1.807) is 6.20 Å². The first kappa shape index (κ1) is 8.59. The second kappa shape index (κ2) is 3.26. The maximum absolute atomic E-state index is 4.25. The van der Waals surface area contributed by atoms with Gasteiger partial charge >= 0.3 is 0 Å². The van der Waals surface area contributed by atoms with Crippen LogP contribution in [0.1, 0.15) is 13.8 Å². The van der Waals surface area contributed by atoms with Crippen LogP contribution in [-0.4, -0.2) is 20.7 Å². The fourth-order valence-corrected chi connectivity index (χ4v) is 0.906. The zero-order valence-electron chi connectivity index (χ0n) is 6.86. The Morgan fingerprint density at radius 3 is 2.73 bits per heavy atom. The Balaban J connectivity index is 2.56. The monoisotopic (exact) mass is 171 g/mol. The summed E-state index contributed by atoms with van der Waals surface area (Å²) in [6.45, 7) is 5.18. The lowest BCUT2D eigenvalue weighted by molar-refractivity contribution is 0.329. The number of aromatic nitrogens is 3. The highest BCUT2D eigenvalue weighted by Crippen LogP contribution is 2.18. The van der Waals surface area contributed by atoms with Crippen LogP contribution in [0.15, 0.2) is 12.4 Å². The molecular weight excluding hydrogens is 158 g/mol. The Kier molecular flexibility index (Phi) is 2.54. The van der Waals surface area contributed by atoms with Crippen LogP contribution in [0.4, 0.5) is 0 Å². The topological polar surface area (TPSA) is 30.7 Å². The van der Waals surface area contributed by atoms with Crippen molar-refractivity contribution in [1.82, 2.24) is 15.0 Å². The Morgan fingerprint density at radius 2 is 2.27 bits per heavy atom. The molecule has 3 nitrogen and oxygen atoms in total. The molecule has 0 amide bonds. The van der Waals surface area contributed by atoms with Gasteiger partial charge in [0.25, 0.3) is 0 Å². The van der Waals surface area contributed by atoms with Gasteiger partial charge < -0.3 is 0 Å². The third-order valence-corrected chi connectivity index (χ3v) is 2.35. The molecule has 0 atom stereocenters. The molecule has 0 N–H and O–H groups in total. The summed E-state index contributed by atoms with van der Waals surface area (Å²) in [7, 11) is 0. The molecule has 0 aliphatic carbocycles. The lowest BCUT2D eigenvalue weighted by atomic mass is 9.97. The minimum atomic E-state index is 0.191. The highest BCUT2D eigenvalue weighted by atomic mass is 32.1. The molecule has 0 fully saturated rings. The van der Waals surface area contributed by atoms with Crippen LogP contribution in [0.2, 0.25) is 0 Å². The lowest BCUT2D eigenvalue weighted by Gasteiger charge is -2.20. The fourth-order valence-electron chi connectivity index (χ4n) is 0.806. The van der Waals surface area contributed by atoms with Crippen LogP contribution in [-0.2, 0) is 6.54 Å². The molecule has 1 aromatic rings. The fraction of sp³-hybridized carbons (Fsp3) is 0.714. The lowest BCUT2D eigenvalue weighted by Crippen LogP contribution is -2.21. The molecule has 4 heteroatoms. The summed E-state index contributed by atoms with van der Waals surface area (Å²) in [6.07, 6.45) is 3.56. The number of hydrogen-bond acceptors (Lipinski definition) is 3. The van der Waals surface area contributed by atoms with Gasteiger partial charge in [0.05, 0.1) is 6.20 Å². The van der Waals surface area contributed by atoms with E-state index < -0.39 is 0 Å². The molecule has 0 aromatic carbocycles. The number of nitrogens with zero attached hydrogens (tertiary/aromatic N) is 3. The molecule has 0 saturated carbocycles. The van der Waals surface area contributed by atoms with Crippen molar-refractivity contribution >= 4 is 12.6 Å². The van der Waals surface area contributed by atoms with Crippen molar-refractivity contribution in [3.8, 4) is 0 Å². The average Bonchev–Trinajstić information content (AvgIpc) is 2.39. The molecule has 11 heavy (non-hydrogen) atoms. The second-order valence-corrected chi connectivity index (χ2v) is 3.74. The van der Waals surface area contributed by atoms with E-state index in [-0.39, 0.29) is 5.41 Å².